The zero-order valence-electron chi connectivity index (χ0n) is 15.6. The Morgan fingerprint density at radius 1 is 1.04 bits per heavy atom. The van der Waals surface area contributed by atoms with Crippen molar-refractivity contribution in [2.75, 3.05) is 10.6 Å². The van der Waals surface area contributed by atoms with E-state index in [0.717, 1.165) is 16.1 Å². The van der Waals surface area contributed by atoms with Gasteiger partial charge < -0.3 is 5.32 Å². The van der Waals surface area contributed by atoms with Crippen molar-refractivity contribution in [2.24, 2.45) is 0 Å². The predicted octanol–water partition coefficient (Wildman–Crippen LogP) is 2.98. The number of hydrogen-bond donors (Lipinski definition) is 1. The summed E-state index contributed by atoms with van der Waals surface area (Å²) in [6, 6.07) is 17.7. The van der Waals surface area contributed by atoms with Crippen LogP contribution in [0.5, 0.6) is 0 Å². The fraction of sp³-hybridized carbons (Fsp3) is 0.350. The van der Waals surface area contributed by atoms with Crippen LogP contribution in [0.1, 0.15) is 26.3 Å². The molecule has 0 aliphatic rings. The first-order valence-corrected chi connectivity index (χ1v) is 10.4. The van der Waals surface area contributed by atoms with Gasteiger partial charge in [0.15, 0.2) is 0 Å². The Morgan fingerprint density at radius 3 is 2.04 bits per heavy atom. The van der Waals surface area contributed by atoms with E-state index in [2.05, 4.69) is 5.32 Å². The number of para-hydroxylation sites is 1. The maximum atomic E-state index is 12.8. The molecular weight excluding hydrogens is 348 g/mol. The van der Waals surface area contributed by atoms with Crippen LogP contribution >= 0.6 is 0 Å². The molecule has 0 fully saturated rings. The Bertz CT molecular complexity index is 834. The molecule has 6 heteroatoms. The SMILES string of the molecule is C[C@H](C(=O)NC(C)(C)Cc1ccccc1)N(c1ccccc1)S(C)(=O)=O. The zero-order valence-corrected chi connectivity index (χ0v) is 16.5. The zero-order chi connectivity index (χ0) is 19.4. The van der Waals surface area contributed by atoms with Crippen molar-refractivity contribution in [3.8, 4) is 0 Å². The van der Waals surface area contributed by atoms with Crippen molar-refractivity contribution in [2.45, 2.75) is 38.8 Å². The van der Waals surface area contributed by atoms with Gasteiger partial charge in [-0.3, -0.25) is 9.10 Å². The van der Waals surface area contributed by atoms with Gasteiger partial charge in [-0.05, 0) is 44.9 Å². The maximum Gasteiger partial charge on any atom is 0.244 e. The van der Waals surface area contributed by atoms with Crippen molar-refractivity contribution in [1.29, 1.82) is 0 Å². The van der Waals surface area contributed by atoms with Crippen LogP contribution in [0.3, 0.4) is 0 Å². The number of hydrogen-bond acceptors (Lipinski definition) is 3. The number of nitrogens with one attached hydrogen (secondary N) is 1. The highest BCUT2D eigenvalue weighted by atomic mass is 32.2. The summed E-state index contributed by atoms with van der Waals surface area (Å²) in [5, 5.41) is 2.98. The van der Waals surface area contributed by atoms with Crippen molar-refractivity contribution in [1.82, 2.24) is 5.32 Å². The summed E-state index contributed by atoms with van der Waals surface area (Å²) in [6.07, 6.45) is 1.76. The molecular formula is C20H26N2O3S. The molecule has 0 spiro atoms. The van der Waals surface area contributed by atoms with Gasteiger partial charge in [0.1, 0.15) is 6.04 Å². The van der Waals surface area contributed by atoms with Crippen LogP contribution in [-0.2, 0) is 21.2 Å². The van der Waals surface area contributed by atoms with Gasteiger partial charge in [-0.2, -0.15) is 0 Å². The van der Waals surface area contributed by atoms with E-state index < -0.39 is 21.6 Å². The van der Waals surface area contributed by atoms with Gasteiger partial charge in [0.25, 0.3) is 0 Å². The Hall–Kier alpha value is -2.34. The lowest BCUT2D eigenvalue weighted by Gasteiger charge is -2.32. The van der Waals surface area contributed by atoms with Crippen LogP contribution in [0.2, 0.25) is 0 Å². The summed E-state index contributed by atoms with van der Waals surface area (Å²) in [5.41, 5.74) is 1.07. The quantitative estimate of drug-likeness (QED) is 0.810. The summed E-state index contributed by atoms with van der Waals surface area (Å²) >= 11 is 0. The minimum Gasteiger partial charge on any atom is -0.349 e. The fourth-order valence-electron chi connectivity index (χ4n) is 2.97. The van der Waals surface area contributed by atoms with E-state index >= 15 is 0 Å². The molecule has 0 saturated carbocycles. The van der Waals surface area contributed by atoms with Gasteiger partial charge in [0.05, 0.1) is 11.9 Å². The molecule has 1 amide bonds. The summed E-state index contributed by atoms with van der Waals surface area (Å²) < 4.78 is 25.7. The molecule has 0 aromatic heterocycles. The molecule has 2 aromatic rings. The molecule has 26 heavy (non-hydrogen) atoms. The number of nitrogens with zero attached hydrogens (tertiary/aromatic N) is 1. The summed E-state index contributed by atoms with van der Waals surface area (Å²) in [7, 11) is -3.60. The molecule has 0 saturated heterocycles. The number of carbonyl (C=O) groups is 1. The van der Waals surface area contributed by atoms with Crippen molar-refractivity contribution >= 4 is 21.6 Å². The molecule has 0 bridgehead atoms. The van der Waals surface area contributed by atoms with Gasteiger partial charge in [0, 0.05) is 5.54 Å². The third kappa shape index (κ3) is 5.33. The highest BCUT2D eigenvalue weighted by Gasteiger charge is 2.32. The number of benzene rings is 2. The van der Waals surface area contributed by atoms with E-state index in [-0.39, 0.29) is 5.91 Å². The Kier molecular flexibility index (Phi) is 6.08. The maximum absolute atomic E-state index is 12.8. The number of rotatable bonds is 7. The summed E-state index contributed by atoms with van der Waals surface area (Å²) in [4.78, 5) is 12.8. The second-order valence-electron chi connectivity index (χ2n) is 7.11. The normalized spacial score (nSPS) is 13.1. The molecule has 0 unspecified atom stereocenters. The highest BCUT2D eigenvalue weighted by molar-refractivity contribution is 7.92. The van der Waals surface area contributed by atoms with Gasteiger partial charge in [-0.1, -0.05) is 48.5 Å². The lowest BCUT2D eigenvalue weighted by atomic mass is 9.94. The van der Waals surface area contributed by atoms with E-state index in [0.29, 0.717) is 12.1 Å². The Balaban J connectivity index is 2.18. The molecule has 2 aromatic carbocycles. The molecule has 140 valence electrons. The van der Waals surface area contributed by atoms with Crippen LogP contribution in [0, 0.1) is 0 Å². The molecule has 5 nitrogen and oxygen atoms in total. The first kappa shape index (κ1) is 20.0. The minimum atomic E-state index is -3.60. The lowest BCUT2D eigenvalue weighted by Crippen LogP contribution is -2.54. The van der Waals surface area contributed by atoms with E-state index in [4.69, 9.17) is 0 Å². The van der Waals surface area contributed by atoms with Crippen LogP contribution in [0.4, 0.5) is 5.69 Å². The number of carbonyl (C=O) groups excluding carboxylic acids is 1. The smallest absolute Gasteiger partial charge is 0.244 e. The van der Waals surface area contributed by atoms with Crippen LogP contribution in [-0.4, -0.2) is 32.2 Å². The monoisotopic (exact) mass is 374 g/mol. The molecule has 1 N–H and O–H groups in total. The van der Waals surface area contributed by atoms with Crippen LogP contribution in [0.25, 0.3) is 0 Å². The predicted molar refractivity (Wildman–Crippen MR) is 106 cm³/mol. The highest BCUT2D eigenvalue weighted by Crippen LogP contribution is 2.21. The van der Waals surface area contributed by atoms with Crippen LogP contribution < -0.4 is 9.62 Å². The molecule has 0 aliphatic carbocycles. The van der Waals surface area contributed by atoms with Crippen LogP contribution in [0.15, 0.2) is 60.7 Å². The van der Waals surface area contributed by atoms with Gasteiger partial charge in [-0.25, -0.2) is 8.42 Å². The Morgan fingerprint density at radius 2 is 1.54 bits per heavy atom. The Labute approximate surface area is 156 Å². The van der Waals surface area contributed by atoms with Crippen molar-refractivity contribution < 1.29 is 13.2 Å². The topological polar surface area (TPSA) is 66.5 Å². The standard InChI is InChI=1S/C20H26N2O3S/c1-16(22(26(4,24)25)18-13-9-6-10-14-18)19(23)21-20(2,3)15-17-11-7-5-8-12-17/h5-14,16H,15H2,1-4H3,(H,21,23)/t16-/m1/s1. The summed E-state index contributed by atoms with van der Waals surface area (Å²) in [6.45, 7) is 5.46. The molecule has 0 radical (unpaired) electrons. The number of sulfonamides is 1. The average Bonchev–Trinajstić information content (AvgIpc) is 2.54. The van der Waals surface area contributed by atoms with Gasteiger partial charge in [-0.15, -0.1) is 0 Å². The largest absolute Gasteiger partial charge is 0.349 e. The van der Waals surface area contributed by atoms with Gasteiger partial charge in [0.2, 0.25) is 15.9 Å². The van der Waals surface area contributed by atoms with Crippen molar-refractivity contribution in [3.05, 3.63) is 66.2 Å². The van der Waals surface area contributed by atoms with Gasteiger partial charge >= 0.3 is 0 Å². The first-order valence-electron chi connectivity index (χ1n) is 8.50. The number of anilines is 1. The second-order valence-corrected chi connectivity index (χ2v) is 8.97. The lowest BCUT2D eigenvalue weighted by molar-refractivity contribution is -0.123. The molecule has 1 atom stereocenters. The third-order valence-electron chi connectivity index (χ3n) is 4.05. The second kappa shape index (κ2) is 7.91. The molecule has 0 heterocycles. The molecule has 0 aliphatic heterocycles. The first-order chi connectivity index (χ1) is 12.1. The van der Waals surface area contributed by atoms with E-state index in [1.807, 2.05) is 44.2 Å². The third-order valence-corrected chi connectivity index (χ3v) is 5.29. The minimum absolute atomic E-state index is 0.333. The van der Waals surface area contributed by atoms with E-state index in [1.54, 1.807) is 37.3 Å². The fourth-order valence-corrected chi connectivity index (χ4v) is 4.15. The van der Waals surface area contributed by atoms with E-state index in [1.165, 1.54) is 0 Å². The average molecular weight is 375 g/mol. The van der Waals surface area contributed by atoms with E-state index in [9.17, 15) is 13.2 Å². The number of amides is 1. The van der Waals surface area contributed by atoms with Crippen molar-refractivity contribution in [3.63, 3.8) is 0 Å². The molecule has 2 rings (SSSR count). The summed E-state index contributed by atoms with van der Waals surface area (Å²) in [5.74, 6) is -0.333.